The van der Waals surface area contributed by atoms with Crippen molar-refractivity contribution in [2.45, 2.75) is 39.2 Å². The summed E-state index contributed by atoms with van der Waals surface area (Å²) in [7, 11) is 0. The molecule has 3 rings (SSSR count). The van der Waals surface area contributed by atoms with Crippen LogP contribution >= 0.6 is 0 Å². The third-order valence-corrected chi connectivity index (χ3v) is 5.12. The van der Waals surface area contributed by atoms with Crippen molar-refractivity contribution < 1.29 is 14.3 Å². The summed E-state index contributed by atoms with van der Waals surface area (Å²) in [6.07, 6.45) is 4.60. The molecule has 1 aliphatic rings. The molecule has 2 N–H and O–H groups in total. The van der Waals surface area contributed by atoms with Gasteiger partial charge in [0, 0.05) is 6.04 Å². The van der Waals surface area contributed by atoms with Crippen LogP contribution in [-0.4, -0.2) is 34.6 Å². The zero-order valence-corrected chi connectivity index (χ0v) is 15.1. The highest BCUT2D eigenvalue weighted by Crippen LogP contribution is 2.29. The second kappa shape index (κ2) is 8.12. The van der Waals surface area contributed by atoms with E-state index in [-0.39, 0.29) is 12.6 Å². The Labute approximate surface area is 152 Å². The topological polar surface area (TPSA) is 93.2 Å². The van der Waals surface area contributed by atoms with E-state index >= 15 is 0 Å². The Morgan fingerprint density at radius 3 is 2.85 bits per heavy atom. The van der Waals surface area contributed by atoms with E-state index in [1.165, 1.54) is 12.7 Å². The highest BCUT2D eigenvalue weighted by molar-refractivity contribution is 5.95. The first-order valence-electron chi connectivity index (χ1n) is 8.97. The average Bonchev–Trinajstić information content (AvgIpc) is 2.63. The number of aromatic nitrogens is 2. The SMILES string of the molecule is C[C@@H]1[C@H](C)CCC[C@H]1NC(=O)NC(=O)COc1ncnc2ccccc12. The fourth-order valence-electron chi connectivity index (χ4n) is 3.38. The van der Waals surface area contributed by atoms with Gasteiger partial charge in [0.2, 0.25) is 5.88 Å². The first kappa shape index (κ1) is 18.1. The maximum absolute atomic E-state index is 12.1. The standard InChI is InChI=1S/C19H24N4O3/c1-12-6-5-9-15(13(12)2)22-19(25)23-17(24)10-26-18-14-7-3-4-8-16(14)20-11-21-18/h3-4,7-8,11-13,15H,5-6,9-10H2,1-2H3,(H2,22,23,24,25)/t12-,13-,15-/m1/s1. The maximum Gasteiger partial charge on any atom is 0.321 e. The Kier molecular flexibility index (Phi) is 5.65. The molecule has 1 fully saturated rings. The van der Waals surface area contributed by atoms with Crippen LogP contribution in [0.25, 0.3) is 10.9 Å². The van der Waals surface area contributed by atoms with Gasteiger partial charge < -0.3 is 10.1 Å². The minimum atomic E-state index is -0.512. The van der Waals surface area contributed by atoms with Gasteiger partial charge in [-0.1, -0.05) is 38.8 Å². The van der Waals surface area contributed by atoms with Crippen LogP contribution in [0.1, 0.15) is 33.1 Å². The largest absolute Gasteiger partial charge is 0.467 e. The Morgan fingerprint density at radius 2 is 2.00 bits per heavy atom. The molecular formula is C19H24N4O3. The van der Waals surface area contributed by atoms with E-state index in [0.29, 0.717) is 17.7 Å². The molecule has 0 spiro atoms. The van der Waals surface area contributed by atoms with E-state index in [9.17, 15) is 9.59 Å². The smallest absolute Gasteiger partial charge is 0.321 e. The lowest BCUT2D eigenvalue weighted by Crippen LogP contribution is -2.50. The molecule has 138 valence electrons. The highest BCUT2D eigenvalue weighted by atomic mass is 16.5. The van der Waals surface area contributed by atoms with Gasteiger partial charge >= 0.3 is 6.03 Å². The molecule has 1 aliphatic carbocycles. The Bertz CT molecular complexity index is 790. The van der Waals surface area contributed by atoms with Gasteiger partial charge in [-0.15, -0.1) is 0 Å². The van der Waals surface area contributed by atoms with Crippen LogP contribution < -0.4 is 15.4 Å². The lowest BCUT2D eigenvalue weighted by atomic mass is 9.78. The molecule has 0 saturated heterocycles. The Hall–Kier alpha value is -2.70. The predicted molar refractivity (Wildman–Crippen MR) is 97.7 cm³/mol. The van der Waals surface area contributed by atoms with Crippen molar-refractivity contribution in [2.75, 3.05) is 6.61 Å². The molecule has 1 heterocycles. The van der Waals surface area contributed by atoms with Crippen LogP contribution in [-0.2, 0) is 4.79 Å². The second-order valence-corrected chi connectivity index (χ2v) is 6.88. The zero-order chi connectivity index (χ0) is 18.5. The number of nitrogens with one attached hydrogen (secondary N) is 2. The third-order valence-electron chi connectivity index (χ3n) is 5.12. The number of ether oxygens (including phenoxy) is 1. The molecule has 1 saturated carbocycles. The number of carbonyl (C=O) groups is 2. The van der Waals surface area contributed by atoms with E-state index in [2.05, 4.69) is 34.4 Å². The monoisotopic (exact) mass is 356 g/mol. The summed E-state index contributed by atoms with van der Waals surface area (Å²) in [4.78, 5) is 32.3. The minimum Gasteiger partial charge on any atom is -0.467 e. The number of hydrogen-bond donors (Lipinski definition) is 2. The van der Waals surface area contributed by atoms with Crippen LogP contribution in [0.4, 0.5) is 4.79 Å². The Balaban J connectivity index is 1.51. The number of nitrogens with zero attached hydrogens (tertiary/aromatic N) is 2. The number of hydrogen-bond acceptors (Lipinski definition) is 5. The second-order valence-electron chi connectivity index (χ2n) is 6.88. The highest BCUT2D eigenvalue weighted by Gasteiger charge is 2.28. The summed E-state index contributed by atoms with van der Waals surface area (Å²) in [5.74, 6) is 0.773. The van der Waals surface area contributed by atoms with Crippen molar-refractivity contribution >= 4 is 22.8 Å². The molecule has 7 nitrogen and oxygen atoms in total. The molecule has 0 bridgehead atoms. The first-order valence-corrected chi connectivity index (χ1v) is 8.97. The van der Waals surface area contributed by atoms with Gasteiger partial charge in [0.1, 0.15) is 6.33 Å². The van der Waals surface area contributed by atoms with Crippen molar-refractivity contribution in [1.29, 1.82) is 0 Å². The van der Waals surface area contributed by atoms with Gasteiger partial charge in [0.05, 0.1) is 10.9 Å². The molecule has 26 heavy (non-hydrogen) atoms. The number of amides is 3. The molecule has 3 atom stereocenters. The third kappa shape index (κ3) is 4.28. The Morgan fingerprint density at radius 1 is 1.19 bits per heavy atom. The summed E-state index contributed by atoms with van der Waals surface area (Å²) in [6, 6.07) is 6.99. The molecule has 1 aromatic carbocycles. The summed E-state index contributed by atoms with van der Waals surface area (Å²) in [6.45, 7) is 4.05. The van der Waals surface area contributed by atoms with E-state index in [1.54, 1.807) is 0 Å². The molecule has 3 amide bonds. The van der Waals surface area contributed by atoms with Gasteiger partial charge in [0.25, 0.3) is 5.91 Å². The molecule has 7 heteroatoms. The molecular weight excluding hydrogens is 332 g/mol. The number of carbonyl (C=O) groups excluding carboxylic acids is 2. The number of urea groups is 1. The van der Waals surface area contributed by atoms with Crippen LogP contribution in [0, 0.1) is 11.8 Å². The van der Waals surface area contributed by atoms with E-state index < -0.39 is 11.9 Å². The van der Waals surface area contributed by atoms with Crippen molar-refractivity contribution in [1.82, 2.24) is 20.6 Å². The summed E-state index contributed by atoms with van der Waals surface area (Å²) < 4.78 is 5.47. The number of rotatable bonds is 4. The van der Waals surface area contributed by atoms with Crippen LogP contribution in [0.15, 0.2) is 30.6 Å². The zero-order valence-electron chi connectivity index (χ0n) is 15.1. The molecule has 0 aliphatic heterocycles. The van der Waals surface area contributed by atoms with Gasteiger partial charge in [-0.3, -0.25) is 10.1 Å². The van der Waals surface area contributed by atoms with Crippen molar-refractivity contribution in [3.05, 3.63) is 30.6 Å². The predicted octanol–water partition coefficient (Wildman–Crippen LogP) is 2.66. The van der Waals surface area contributed by atoms with E-state index in [1.807, 2.05) is 24.3 Å². The van der Waals surface area contributed by atoms with Crippen molar-refractivity contribution in [2.24, 2.45) is 11.8 Å². The fraction of sp³-hybridized carbons (Fsp3) is 0.474. The first-order chi connectivity index (χ1) is 12.5. The van der Waals surface area contributed by atoms with E-state index in [4.69, 9.17) is 4.74 Å². The van der Waals surface area contributed by atoms with Gasteiger partial charge in [-0.05, 0) is 30.4 Å². The van der Waals surface area contributed by atoms with E-state index in [0.717, 1.165) is 23.7 Å². The number of para-hydroxylation sites is 1. The molecule has 2 aromatic rings. The molecule has 0 radical (unpaired) electrons. The lowest BCUT2D eigenvalue weighted by Gasteiger charge is -2.34. The molecule has 0 unspecified atom stereocenters. The summed E-state index contributed by atoms with van der Waals surface area (Å²) >= 11 is 0. The quantitative estimate of drug-likeness (QED) is 0.878. The fourth-order valence-corrected chi connectivity index (χ4v) is 3.38. The number of imide groups is 1. The van der Waals surface area contributed by atoms with Gasteiger partial charge in [-0.25, -0.2) is 14.8 Å². The number of benzene rings is 1. The van der Waals surface area contributed by atoms with Crippen LogP contribution in [0.2, 0.25) is 0 Å². The van der Waals surface area contributed by atoms with Crippen molar-refractivity contribution in [3.8, 4) is 5.88 Å². The van der Waals surface area contributed by atoms with Crippen LogP contribution in [0.5, 0.6) is 5.88 Å². The van der Waals surface area contributed by atoms with Gasteiger partial charge in [-0.2, -0.15) is 0 Å². The molecule has 1 aromatic heterocycles. The summed E-state index contributed by atoms with van der Waals surface area (Å²) in [5, 5.41) is 5.95. The normalized spacial score (nSPS) is 22.6. The average molecular weight is 356 g/mol. The van der Waals surface area contributed by atoms with Crippen LogP contribution in [0.3, 0.4) is 0 Å². The number of fused-ring (bicyclic) bond motifs is 1. The maximum atomic E-state index is 12.1. The van der Waals surface area contributed by atoms with Gasteiger partial charge in [0.15, 0.2) is 6.61 Å². The lowest BCUT2D eigenvalue weighted by molar-refractivity contribution is -0.122. The minimum absolute atomic E-state index is 0.0956. The van der Waals surface area contributed by atoms with Crippen molar-refractivity contribution in [3.63, 3.8) is 0 Å². The summed E-state index contributed by atoms with van der Waals surface area (Å²) in [5.41, 5.74) is 0.732.